The van der Waals surface area contributed by atoms with Crippen LogP contribution in [-0.4, -0.2) is 52.5 Å². The van der Waals surface area contributed by atoms with Crippen LogP contribution in [0.2, 0.25) is 0 Å². The lowest BCUT2D eigenvalue weighted by Gasteiger charge is -2.24. The van der Waals surface area contributed by atoms with E-state index in [0.29, 0.717) is 36.1 Å². The molecule has 0 fully saturated rings. The zero-order chi connectivity index (χ0) is 27.1. The molecule has 0 aliphatic carbocycles. The zero-order valence-corrected chi connectivity index (χ0v) is 22.3. The molecule has 0 bridgehead atoms. The Morgan fingerprint density at radius 3 is 2.24 bits per heavy atom. The van der Waals surface area contributed by atoms with E-state index in [-0.39, 0.29) is 12.0 Å². The highest BCUT2D eigenvalue weighted by atomic mass is 16.5. The molecule has 1 amide bonds. The predicted octanol–water partition coefficient (Wildman–Crippen LogP) is 3.18. The van der Waals surface area contributed by atoms with Crippen molar-refractivity contribution in [2.45, 2.75) is 32.8 Å². The number of fused-ring (bicyclic) bond motifs is 2. The van der Waals surface area contributed by atoms with Gasteiger partial charge in [-0.15, -0.1) is 0 Å². The molecule has 38 heavy (non-hydrogen) atoms. The van der Waals surface area contributed by atoms with Crippen LogP contribution in [-0.2, 0) is 17.6 Å². The van der Waals surface area contributed by atoms with E-state index in [1.54, 1.807) is 20.3 Å². The zero-order valence-electron chi connectivity index (χ0n) is 22.3. The Balaban J connectivity index is 1.43. The standard InChI is InChI=1S/C29H34N4O5/c1-5-37-27-12-19-8-11-32-24(22(19)15-25(27)35-3)16-29(34)33-17-18(2)38-28-13-20-7-10-31-23(6-9-30)21(20)14-26(28)36-4/h6,12-16,18,31-32H,5,7-8,10-11,17H2,1-4H3,(H,33,34)/b23-6-,24-16-. The minimum absolute atomic E-state index is 0.224. The number of benzene rings is 2. The number of nitrogens with zero attached hydrogens (tertiary/aromatic N) is 1. The van der Waals surface area contributed by atoms with E-state index < -0.39 is 0 Å². The van der Waals surface area contributed by atoms with Gasteiger partial charge in [-0.1, -0.05) is 0 Å². The van der Waals surface area contributed by atoms with Crippen molar-refractivity contribution in [3.8, 4) is 29.1 Å². The van der Waals surface area contributed by atoms with Crippen LogP contribution in [0, 0.1) is 11.3 Å². The van der Waals surface area contributed by atoms with E-state index in [2.05, 4.69) is 22.0 Å². The van der Waals surface area contributed by atoms with Gasteiger partial charge in [0.05, 0.1) is 39.1 Å². The van der Waals surface area contributed by atoms with Crippen LogP contribution in [0.4, 0.5) is 0 Å². The molecule has 0 spiro atoms. The topological polar surface area (TPSA) is 114 Å². The Hall–Kier alpha value is -4.32. The number of methoxy groups -OCH3 is 2. The molecule has 0 saturated carbocycles. The molecule has 2 aliphatic heterocycles. The third kappa shape index (κ3) is 5.97. The lowest BCUT2D eigenvalue weighted by Crippen LogP contribution is -2.33. The van der Waals surface area contributed by atoms with Gasteiger partial charge < -0.3 is 34.9 Å². The molecule has 2 heterocycles. The Labute approximate surface area is 223 Å². The van der Waals surface area contributed by atoms with Gasteiger partial charge in [0, 0.05) is 42.1 Å². The van der Waals surface area contributed by atoms with Crippen molar-refractivity contribution in [2.75, 3.05) is 40.5 Å². The maximum absolute atomic E-state index is 12.8. The molecular weight excluding hydrogens is 484 g/mol. The van der Waals surface area contributed by atoms with Crippen LogP contribution >= 0.6 is 0 Å². The summed E-state index contributed by atoms with van der Waals surface area (Å²) in [5.41, 5.74) is 5.55. The molecule has 1 atom stereocenters. The Morgan fingerprint density at radius 1 is 1.00 bits per heavy atom. The number of allylic oxidation sites excluding steroid dienone is 1. The third-order valence-electron chi connectivity index (χ3n) is 6.45. The van der Waals surface area contributed by atoms with E-state index in [1.165, 1.54) is 6.08 Å². The first kappa shape index (κ1) is 26.7. The Bertz CT molecular complexity index is 1290. The molecule has 2 aliphatic rings. The molecule has 0 aromatic heterocycles. The Kier molecular flexibility index (Phi) is 8.64. The van der Waals surface area contributed by atoms with Gasteiger partial charge in [-0.25, -0.2) is 0 Å². The second-order valence-corrected chi connectivity index (χ2v) is 9.03. The molecule has 9 nitrogen and oxygen atoms in total. The monoisotopic (exact) mass is 518 g/mol. The lowest BCUT2D eigenvalue weighted by molar-refractivity contribution is -0.116. The van der Waals surface area contributed by atoms with E-state index in [4.69, 9.17) is 24.2 Å². The molecule has 2 aromatic rings. The number of carbonyl (C=O) groups excluding carboxylic acids is 1. The first-order valence-corrected chi connectivity index (χ1v) is 12.8. The summed E-state index contributed by atoms with van der Waals surface area (Å²) in [6, 6.07) is 9.81. The third-order valence-corrected chi connectivity index (χ3v) is 6.45. The average Bonchev–Trinajstić information content (AvgIpc) is 2.92. The fraction of sp³-hybridized carbons (Fsp3) is 0.379. The summed E-state index contributed by atoms with van der Waals surface area (Å²) in [5.74, 6) is 2.28. The number of nitriles is 1. The van der Waals surface area contributed by atoms with Crippen LogP contribution < -0.4 is 34.9 Å². The van der Waals surface area contributed by atoms with Gasteiger partial charge >= 0.3 is 0 Å². The summed E-state index contributed by atoms with van der Waals surface area (Å²) >= 11 is 0. The fourth-order valence-electron chi connectivity index (χ4n) is 4.66. The van der Waals surface area contributed by atoms with Crippen molar-refractivity contribution >= 4 is 17.3 Å². The van der Waals surface area contributed by atoms with Crippen molar-refractivity contribution in [3.05, 3.63) is 58.7 Å². The number of hydrogen-bond acceptors (Lipinski definition) is 8. The number of amides is 1. The highest BCUT2D eigenvalue weighted by Crippen LogP contribution is 2.36. The molecule has 1 unspecified atom stereocenters. The second-order valence-electron chi connectivity index (χ2n) is 9.03. The van der Waals surface area contributed by atoms with Crippen LogP contribution in [0.25, 0.3) is 11.4 Å². The minimum Gasteiger partial charge on any atom is -0.493 e. The van der Waals surface area contributed by atoms with Crippen LogP contribution in [0.1, 0.15) is 36.1 Å². The lowest BCUT2D eigenvalue weighted by atomic mass is 9.96. The summed E-state index contributed by atoms with van der Waals surface area (Å²) in [6.07, 6.45) is 4.40. The molecule has 0 saturated heterocycles. The van der Waals surface area contributed by atoms with Crippen molar-refractivity contribution in [3.63, 3.8) is 0 Å². The molecule has 3 N–H and O–H groups in total. The van der Waals surface area contributed by atoms with Gasteiger partial charge in [0.1, 0.15) is 6.10 Å². The first-order valence-electron chi connectivity index (χ1n) is 12.8. The van der Waals surface area contributed by atoms with Gasteiger partial charge in [-0.05, 0) is 62.1 Å². The summed E-state index contributed by atoms with van der Waals surface area (Å²) < 4.78 is 22.9. The number of rotatable bonds is 9. The molecule has 4 rings (SSSR count). The van der Waals surface area contributed by atoms with Gasteiger partial charge in [0.2, 0.25) is 5.91 Å². The summed E-state index contributed by atoms with van der Waals surface area (Å²) in [4.78, 5) is 12.8. The average molecular weight is 519 g/mol. The predicted molar refractivity (Wildman–Crippen MR) is 145 cm³/mol. The summed E-state index contributed by atoms with van der Waals surface area (Å²) in [6.45, 7) is 6.15. The van der Waals surface area contributed by atoms with Crippen molar-refractivity contribution in [1.82, 2.24) is 16.0 Å². The summed E-state index contributed by atoms with van der Waals surface area (Å²) in [5, 5.41) is 18.6. The normalized spacial score (nSPS) is 16.7. The molecule has 9 heteroatoms. The SMILES string of the molecule is CCOc1cc2c(cc1OC)/C(=C/C(=O)NCC(C)Oc1cc3c(cc1OC)/C(=C/C#N)NCC3)NCC2. The number of nitrogens with one attached hydrogen (secondary N) is 3. The number of ether oxygens (including phenoxy) is 4. The van der Waals surface area contributed by atoms with Crippen molar-refractivity contribution in [1.29, 1.82) is 5.26 Å². The van der Waals surface area contributed by atoms with Gasteiger partial charge in [-0.2, -0.15) is 5.26 Å². The molecular formula is C29H34N4O5. The van der Waals surface area contributed by atoms with Crippen LogP contribution in [0.15, 0.2) is 36.4 Å². The quantitative estimate of drug-likeness (QED) is 0.343. The smallest absolute Gasteiger partial charge is 0.246 e. The highest BCUT2D eigenvalue weighted by Gasteiger charge is 2.21. The largest absolute Gasteiger partial charge is 0.493 e. The maximum atomic E-state index is 12.8. The van der Waals surface area contributed by atoms with Gasteiger partial charge in [0.15, 0.2) is 23.0 Å². The molecule has 0 radical (unpaired) electrons. The van der Waals surface area contributed by atoms with Gasteiger partial charge in [0.25, 0.3) is 0 Å². The number of carbonyl (C=O) groups is 1. The van der Waals surface area contributed by atoms with E-state index in [9.17, 15) is 4.79 Å². The van der Waals surface area contributed by atoms with Crippen molar-refractivity contribution < 1.29 is 23.7 Å². The molecule has 200 valence electrons. The maximum Gasteiger partial charge on any atom is 0.246 e. The highest BCUT2D eigenvalue weighted by molar-refractivity contribution is 5.95. The summed E-state index contributed by atoms with van der Waals surface area (Å²) in [7, 11) is 3.19. The Morgan fingerprint density at radius 2 is 1.61 bits per heavy atom. The van der Waals surface area contributed by atoms with E-state index in [1.807, 2.05) is 38.1 Å². The van der Waals surface area contributed by atoms with Gasteiger partial charge in [-0.3, -0.25) is 4.79 Å². The first-order chi connectivity index (χ1) is 18.5. The van der Waals surface area contributed by atoms with E-state index in [0.717, 1.165) is 59.6 Å². The number of hydrogen-bond donors (Lipinski definition) is 3. The fourth-order valence-corrected chi connectivity index (χ4v) is 4.66. The second kappa shape index (κ2) is 12.3. The van der Waals surface area contributed by atoms with Crippen LogP contribution in [0.3, 0.4) is 0 Å². The van der Waals surface area contributed by atoms with Crippen molar-refractivity contribution in [2.24, 2.45) is 0 Å². The van der Waals surface area contributed by atoms with E-state index >= 15 is 0 Å². The van der Waals surface area contributed by atoms with Crippen LogP contribution in [0.5, 0.6) is 23.0 Å². The molecule has 2 aromatic carbocycles. The minimum atomic E-state index is -0.305.